The summed E-state index contributed by atoms with van der Waals surface area (Å²) in [6, 6.07) is 1.84. The third-order valence-corrected chi connectivity index (χ3v) is 3.08. The van der Waals surface area contributed by atoms with Crippen molar-refractivity contribution in [2.45, 2.75) is 18.9 Å². The summed E-state index contributed by atoms with van der Waals surface area (Å²) in [5.74, 6) is -2.12. The molecular formula is C13H16F2N2O2. The van der Waals surface area contributed by atoms with Crippen LogP contribution in [-0.2, 0) is 4.74 Å². The summed E-state index contributed by atoms with van der Waals surface area (Å²) < 4.78 is 32.0. The van der Waals surface area contributed by atoms with E-state index in [-0.39, 0.29) is 17.3 Å². The topological polar surface area (TPSA) is 55.6 Å². The molecule has 1 aliphatic carbocycles. The van der Waals surface area contributed by atoms with Gasteiger partial charge in [-0.05, 0) is 25.0 Å². The first-order valence-electron chi connectivity index (χ1n) is 6.09. The molecule has 2 rings (SSSR count). The summed E-state index contributed by atoms with van der Waals surface area (Å²) in [6.45, 7) is 0.713. The molecule has 1 amide bonds. The van der Waals surface area contributed by atoms with Crippen LogP contribution in [0.4, 0.5) is 14.5 Å². The van der Waals surface area contributed by atoms with Crippen LogP contribution in [0.25, 0.3) is 0 Å². The van der Waals surface area contributed by atoms with E-state index in [4.69, 9.17) is 10.5 Å². The molecule has 0 spiro atoms. The zero-order valence-corrected chi connectivity index (χ0v) is 10.7. The Labute approximate surface area is 110 Å². The molecule has 1 aromatic rings. The molecule has 0 bridgehead atoms. The quantitative estimate of drug-likeness (QED) is 0.830. The summed E-state index contributed by atoms with van der Waals surface area (Å²) in [5, 5.41) is 0. The number of anilines is 1. The Hall–Kier alpha value is -1.69. The van der Waals surface area contributed by atoms with Crippen LogP contribution in [0.15, 0.2) is 12.1 Å². The Kier molecular flexibility index (Phi) is 3.99. The Morgan fingerprint density at radius 3 is 2.74 bits per heavy atom. The summed E-state index contributed by atoms with van der Waals surface area (Å²) in [5.41, 5.74) is 4.67. The molecule has 4 nitrogen and oxygen atoms in total. The summed E-state index contributed by atoms with van der Waals surface area (Å²) in [6.07, 6.45) is 1.75. The number of halogens is 2. The minimum Gasteiger partial charge on any atom is -0.396 e. The number of hydrogen-bond donors (Lipinski definition) is 1. The second kappa shape index (κ2) is 5.52. The van der Waals surface area contributed by atoms with Crippen molar-refractivity contribution in [1.82, 2.24) is 4.90 Å². The van der Waals surface area contributed by atoms with Gasteiger partial charge in [-0.3, -0.25) is 4.79 Å². The zero-order chi connectivity index (χ0) is 14.0. The minimum absolute atomic E-state index is 0.0894. The van der Waals surface area contributed by atoms with Crippen LogP contribution in [0.5, 0.6) is 0 Å². The van der Waals surface area contributed by atoms with Gasteiger partial charge >= 0.3 is 0 Å². The van der Waals surface area contributed by atoms with Gasteiger partial charge in [0, 0.05) is 19.7 Å². The number of nitrogens with zero attached hydrogens (tertiary/aromatic N) is 1. The first-order valence-corrected chi connectivity index (χ1v) is 6.09. The Bertz CT molecular complexity index is 490. The number of nitrogens with two attached hydrogens (primary N) is 1. The lowest BCUT2D eigenvalue weighted by molar-refractivity contribution is 0.0675. The highest BCUT2D eigenvalue weighted by Crippen LogP contribution is 2.29. The number of nitrogen functional groups attached to an aromatic ring is 1. The van der Waals surface area contributed by atoms with Crippen molar-refractivity contribution in [1.29, 1.82) is 0 Å². The van der Waals surface area contributed by atoms with E-state index in [0.717, 1.165) is 25.0 Å². The Morgan fingerprint density at radius 1 is 1.47 bits per heavy atom. The molecule has 0 aromatic heterocycles. The van der Waals surface area contributed by atoms with E-state index in [2.05, 4.69) is 0 Å². The van der Waals surface area contributed by atoms with Crippen molar-refractivity contribution in [3.8, 4) is 0 Å². The first-order chi connectivity index (χ1) is 9.04. The van der Waals surface area contributed by atoms with Crippen LogP contribution in [0, 0.1) is 11.6 Å². The molecule has 0 saturated heterocycles. The van der Waals surface area contributed by atoms with Gasteiger partial charge in [0.05, 0.1) is 17.9 Å². The molecular weight excluding hydrogens is 254 g/mol. The highest BCUT2D eigenvalue weighted by Gasteiger charge is 2.34. The maximum absolute atomic E-state index is 13.8. The number of rotatable bonds is 5. The van der Waals surface area contributed by atoms with Gasteiger partial charge in [-0.1, -0.05) is 0 Å². The fourth-order valence-electron chi connectivity index (χ4n) is 1.95. The van der Waals surface area contributed by atoms with Crippen molar-refractivity contribution in [2.24, 2.45) is 0 Å². The van der Waals surface area contributed by atoms with Crippen LogP contribution < -0.4 is 5.73 Å². The fourth-order valence-corrected chi connectivity index (χ4v) is 1.95. The average molecular weight is 270 g/mol. The number of carbonyl (C=O) groups is 1. The van der Waals surface area contributed by atoms with Crippen LogP contribution >= 0.6 is 0 Å². The molecule has 0 atom stereocenters. The zero-order valence-electron chi connectivity index (χ0n) is 10.7. The monoisotopic (exact) mass is 270 g/mol. The molecule has 2 N–H and O–H groups in total. The summed E-state index contributed by atoms with van der Waals surface area (Å²) >= 11 is 0. The molecule has 0 heterocycles. The number of hydrogen-bond acceptors (Lipinski definition) is 3. The van der Waals surface area contributed by atoms with E-state index in [1.54, 1.807) is 0 Å². The van der Waals surface area contributed by atoms with Crippen molar-refractivity contribution >= 4 is 11.6 Å². The number of ether oxygens (including phenoxy) is 1. The van der Waals surface area contributed by atoms with Crippen LogP contribution in [0.2, 0.25) is 0 Å². The van der Waals surface area contributed by atoms with E-state index in [1.165, 1.54) is 12.0 Å². The SMILES string of the molecule is COCCN(C(=O)c1cc(F)cc(N)c1F)C1CC1. The summed E-state index contributed by atoms with van der Waals surface area (Å²) in [4.78, 5) is 13.8. The van der Waals surface area contributed by atoms with Gasteiger partial charge in [0.25, 0.3) is 5.91 Å². The first kappa shape index (κ1) is 13.7. The van der Waals surface area contributed by atoms with E-state index >= 15 is 0 Å². The molecule has 6 heteroatoms. The van der Waals surface area contributed by atoms with Crippen LogP contribution in [-0.4, -0.2) is 37.1 Å². The fraction of sp³-hybridized carbons (Fsp3) is 0.462. The van der Waals surface area contributed by atoms with Gasteiger partial charge in [0.1, 0.15) is 5.82 Å². The van der Waals surface area contributed by atoms with Crippen LogP contribution in [0.3, 0.4) is 0 Å². The van der Waals surface area contributed by atoms with E-state index in [0.29, 0.717) is 13.2 Å². The number of benzene rings is 1. The standard InChI is InChI=1S/C13H16F2N2O2/c1-19-5-4-17(9-2-3-9)13(18)10-6-8(14)7-11(16)12(10)15/h6-7,9H,2-5,16H2,1H3. The molecule has 1 saturated carbocycles. The second-order valence-electron chi connectivity index (χ2n) is 4.58. The van der Waals surface area contributed by atoms with Crippen molar-refractivity contribution in [3.05, 3.63) is 29.3 Å². The lowest BCUT2D eigenvalue weighted by atomic mass is 10.1. The van der Waals surface area contributed by atoms with E-state index in [9.17, 15) is 13.6 Å². The van der Waals surface area contributed by atoms with Gasteiger partial charge < -0.3 is 15.4 Å². The second-order valence-corrected chi connectivity index (χ2v) is 4.58. The molecule has 1 aliphatic rings. The molecule has 1 fully saturated rings. The largest absolute Gasteiger partial charge is 0.396 e. The van der Waals surface area contributed by atoms with Crippen molar-refractivity contribution in [3.63, 3.8) is 0 Å². The maximum Gasteiger partial charge on any atom is 0.257 e. The third-order valence-electron chi connectivity index (χ3n) is 3.08. The summed E-state index contributed by atoms with van der Waals surface area (Å²) in [7, 11) is 1.52. The molecule has 1 aromatic carbocycles. The van der Waals surface area contributed by atoms with Gasteiger partial charge in [-0.15, -0.1) is 0 Å². The van der Waals surface area contributed by atoms with Crippen molar-refractivity contribution < 1.29 is 18.3 Å². The third kappa shape index (κ3) is 3.01. The van der Waals surface area contributed by atoms with Gasteiger partial charge in [-0.25, -0.2) is 8.78 Å². The van der Waals surface area contributed by atoms with Gasteiger partial charge in [0.2, 0.25) is 0 Å². The highest BCUT2D eigenvalue weighted by molar-refractivity contribution is 5.95. The van der Waals surface area contributed by atoms with Crippen LogP contribution in [0.1, 0.15) is 23.2 Å². The number of carbonyl (C=O) groups excluding carboxylic acids is 1. The number of methoxy groups -OCH3 is 1. The predicted molar refractivity (Wildman–Crippen MR) is 66.7 cm³/mol. The van der Waals surface area contributed by atoms with E-state index < -0.39 is 17.5 Å². The van der Waals surface area contributed by atoms with Gasteiger partial charge in [-0.2, -0.15) is 0 Å². The maximum atomic E-state index is 13.8. The number of amides is 1. The molecule has 19 heavy (non-hydrogen) atoms. The lowest BCUT2D eigenvalue weighted by Gasteiger charge is -2.22. The molecule has 0 radical (unpaired) electrons. The predicted octanol–water partition coefficient (Wildman–Crippen LogP) is 1.80. The molecule has 104 valence electrons. The minimum atomic E-state index is -0.866. The normalized spacial score (nSPS) is 14.5. The lowest BCUT2D eigenvalue weighted by Crippen LogP contribution is -2.36. The Morgan fingerprint density at radius 2 is 2.16 bits per heavy atom. The molecule has 0 aliphatic heterocycles. The van der Waals surface area contributed by atoms with Gasteiger partial charge in [0.15, 0.2) is 5.82 Å². The Balaban J connectivity index is 2.26. The molecule has 0 unspecified atom stereocenters. The smallest absolute Gasteiger partial charge is 0.257 e. The average Bonchev–Trinajstić information content (AvgIpc) is 3.18. The highest BCUT2D eigenvalue weighted by atomic mass is 19.1. The van der Waals surface area contributed by atoms with E-state index in [1.807, 2.05) is 0 Å². The van der Waals surface area contributed by atoms with Crippen molar-refractivity contribution in [2.75, 3.05) is 26.0 Å².